The molecule has 2 heterocycles. The van der Waals surface area contributed by atoms with Gasteiger partial charge < -0.3 is 4.74 Å². The van der Waals surface area contributed by atoms with Crippen molar-refractivity contribution < 1.29 is 13.9 Å². The third-order valence-electron chi connectivity index (χ3n) is 4.34. The highest BCUT2D eigenvalue weighted by Crippen LogP contribution is 2.32. The van der Waals surface area contributed by atoms with Crippen LogP contribution in [0.25, 0.3) is 5.69 Å². The predicted molar refractivity (Wildman–Crippen MR) is 108 cm³/mol. The molecule has 28 heavy (non-hydrogen) atoms. The first kappa shape index (κ1) is 18.8. The molecule has 1 aliphatic rings. The summed E-state index contributed by atoms with van der Waals surface area (Å²) >= 11 is 9.66. The number of carbonyl (C=O) groups excluding carboxylic acids is 1. The van der Waals surface area contributed by atoms with Gasteiger partial charge in [-0.15, -0.1) is 0 Å². The number of ether oxygens (including phenoxy) is 1. The zero-order chi connectivity index (χ0) is 19.8. The molecule has 0 fully saturated rings. The van der Waals surface area contributed by atoms with E-state index in [1.807, 2.05) is 0 Å². The molecule has 142 valence electrons. The number of hydrogen-bond acceptors (Lipinski definition) is 4. The largest absolute Gasteiger partial charge is 0.461 e. The minimum absolute atomic E-state index is 0.169. The molecule has 0 bridgehead atoms. The van der Waals surface area contributed by atoms with E-state index in [1.54, 1.807) is 48.0 Å². The second kappa shape index (κ2) is 7.48. The Kier molecular flexibility index (Phi) is 5.03. The number of rotatable bonds is 3. The van der Waals surface area contributed by atoms with Crippen molar-refractivity contribution in [3.05, 3.63) is 80.3 Å². The second-order valence-electron chi connectivity index (χ2n) is 6.05. The van der Waals surface area contributed by atoms with Gasteiger partial charge in [0.1, 0.15) is 5.82 Å². The van der Waals surface area contributed by atoms with Crippen LogP contribution in [-0.4, -0.2) is 28.1 Å². The van der Waals surface area contributed by atoms with E-state index in [-0.39, 0.29) is 24.7 Å². The monoisotopic (exact) mass is 461 g/mol. The first-order valence-electron chi connectivity index (χ1n) is 8.55. The molecule has 8 heteroatoms. The van der Waals surface area contributed by atoms with Crippen molar-refractivity contribution in [3.8, 4) is 5.69 Å². The second-order valence-corrected chi connectivity index (χ2v) is 7.28. The van der Waals surface area contributed by atoms with Crippen molar-refractivity contribution in [2.75, 3.05) is 6.61 Å². The van der Waals surface area contributed by atoms with E-state index >= 15 is 0 Å². The van der Waals surface area contributed by atoms with E-state index < -0.39 is 5.97 Å². The SMILES string of the molecule is CCOC(=O)c1nn2c(c1Br)CN=C(c1ccccc1F)c1cc(Cl)ccc1-2. The Labute approximate surface area is 173 Å². The first-order valence-corrected chi connectivity index (χ1v) is 9.72. The van der Waals surface area contributed by atoms with Gasteiger partial charge in [0.2, 0.25) is 0 Å². The van der Waals surface area contributed by atoms with Gasteiger partial charge in [0.25, 0.3) is 0 Å². The zero-order valence-corrected chi connectivity index (χ0v) is 17.1. The fraction of sp³-hybridized carbons (Fsp3) is 0.150. The number of esters is 1. The third kappa shape index (κ3) is 3.14. The minimum Gasteiger partial charge on any atom is -0.461 e. The van der Waals surface area contributed by atoms with Crippen molar-refractivity contribution in [2.45, 2.75) is 13.5 Å². The van der Waals surface area contributed by atoms with Crippen LogP contribution in [0.3, 0.4) is 0 Å². The lowest BCUT2D eigenvalue weighted by Gasteiger charge is -2.12. The molecule has 0 spiro atoms. The molecular weight excluding hydrogens is 449 g/mol. The van der Waals surface area contributed by atoms with E-state index in [4.69, 9.17) is 16.3 Å². The van der Waals surface area contributed by atoms with Crippen molar-refractivity contribution in [2.24, 2.45) is 4.99 Å². The maximum Gasteiger partial charge on any atom is 0.360 e. The fourth-order valence-corrected chi connectivity index (χ4v) is 3.81. The summed E-state index contributed by atoms with van der Waals surface area (Å²) in [6, 6.07) is 11.7. The number of carbonyl (C=O) groups is 1. The Balaban J connectivity index is 1.95. The molecule has 2 aromatic carbocycles. The summed E-state index contributed by atoms with van der Waals surface area (Å²) in [5.41, 5.74) is 2.96. The molecule has 0 amide bonds. The van der Waals surface area contributed by atoms with Gasteiger partial charge in [-0.05, 0) is 53.2 Å². The highest BCUT2D eigenvalue weighted by molar-refractivity contribution is 9.10. The molecule has 0 radical (unpaired) electrons. The Morgan fingerprint density at radius 2 is 2.07 bits per heavy atom. The minimum atomic E-state index is -0.524. The van der Waals surface area contributed by atoms with Gasteiger partial charge in [0, 0.05) is 16.1 Å². The number of aromatic nitrogens is 2. The van der Waals surface area contributed by atoms with E-state index in [0.29, 0.717) is 37.7 Å². The number of halogens is 3. The fourth-order valence-electron chi connectivity index (χ4n) is 3.10. The molecule has 4 rings (SSSR count). The maximum absolute atomic E-state index is 14.5. The van der Waals surface area contributed by atoms with Crippen LogP contribution in [0.1, 0.15) is 34.2 Å². The van der Waals surface area contributed by atoms with Crippen LogP contribution in [-0.2, 0) is 11.3 Å². The molecule has 1 aliphatic heterocycles. The van der Waals surface area contributed by atoms with Gasteiger partial charge in [-0.3, -0.25) is 4.99 Å². The normalized spacial score (nSPS) is 12.6. The van der Waals surface area contributed by atoms with Gasteiger partial charge in [-0.1, -0.05) is 23.7 Å². The van der Waals surface area contributed by atoms with Crippen molar-refractivity contribution >= 4 is 39.2 Å². The van der Waals surface area contributed by atoms with E-state index in [9.17, 15) is 9.18 Å². The van der Waals surface area contributed by atoms with E-state index in [2.05, 4.69) is 26.0 Å². The zero-order valence-electron chi connectivity index (χ0n) is 14.7. The first-order chi connectivity index (χ1) is 13.5. The Hall–Kier alpha value is -2.51. The highest BCUT2D eigenvalue weighted by atomic mass is 79.9. The van der Waals surface area contributed by atoms with Crippen molar-refractivity contribution in [1.82, 2.24) is 9.78 Å². The van der Waals surface area contributed by atoms with Crippen LogP contribution in [0.5, 0.6) is 0 Å². The molecule has 1 aromatic heterocycles. The maximum atomic E-state index is 14.5. The molecule has 0 atom stereocenters. The van der Waals surface area contributed by atoms with Gasteiger partial charge in [-0.2, -0.15) is 5.10 Å². The number of hydrogen-bond donors (Lipinski definition) is 0. The van der Waals surface area contributed by atoms with Crippen LogP contribution >= 0.6 is 27.5 Å². The summed E-state index contributed by atoms with van der Waals surface area (Å²) in [6.45, 7) is 2.17. The smallest absolute Gasteiger partial charge is 0.360 e. The van der Waals surface area contributed by atoms with E-state index in [1.165, 1.54) is 6.07 Å². The van der Waals surface area contributed by atoms with Crippen molar-refractivity contribution in [3.63, 3.8) is 0 Å². The lowest BCUT2D eigenvalue weighted by Crippen LogP contribution is -2.11. The summed E-state index contributed by atoms with van der Waals surface area (Å²) in [5.74, 6) is -0.901. The van der Waals surface area contributed by atoms with Crippen LogP contribution < -0.4 is 0 Å². The third-order valence-corrected chi connectivity index (χ3v) is 5.41. The van der Waals surface area contributed by atoms with Crippen LogP contribution in [0.15, 0.2) is 51.9 Å². The van der Waals surface area contributed by atoms with Crippen molar-refractivity contribution in [1.29, 1.82) is 0 Å². The van der Waals surface area contributed by atoms with Gasteiger partial charge in [0.05, 0.1) is 34.7 Å². The lowest BCUT2D eigenvalue weighted by molar-refractivity contribution is 0.0518. The molecule has 3 aromatic rings. The summed E-state index contributed by atoms with van der Waals surface area (Å²) in [7, 11) is 0. The van der Waals surface area contributed by atoms with Gasteiger partial charge in [-0.25, -0.2) is 13.9 Å². The molecule has 0 saturated heterocycles. The average Bonchev–Trinajstić information content (AvgIpc) is 2.91. The lowest BCUT2D eigenvalue weighted by atomic mass is 10.00. The summed E-state index contributed by atoms with van der Waals surface area (Å²) in [4.78, 5) is 16.9. The molecule has 0 aliphatic carbocycles. The number of aliphatic imine (C=N–C) groups is 1. The van der Waals surface area contributed by atoms with Gasteiger partial charge >= 0.3 is 5.97 Å². The molecular formula is C20H14BrClFN3O2. The average molecular weight is 463 g/mol. The topological polar surface area (TPSA) is 56.5 Å². The molecule has 0 saturated carbocycles. The standard InChI is InChI=1S/C20H14BrClFN3O2/c1-2-28-20(27)19-17(21)16-10-24-18(12-5-3-4-6-14(12)23)13-9-11(22)7-8-15(13)26(16)25-19/h3-9H,2,10H2,1H3. The highest BCUT2D eigenvalue weighted by Gasteiger charge is 2.28. The number of fused-ring (bicyclic) bond motifs is 3. The summed E-state index contributed by atoms with van der Waals surface area (Å²) < 4.78 is 21.7. The van der Waals surface area contributed by atoms with Crippen LogP contribution in [0, 0.1) is 5.82 Å². The van der Waals surface area contributed by atoms with E-state index in [0.717, 1.165) is 0 Å². The molecule has 0 unspecified atom stereocenters. The van der Waals surface area contributed by atoms with Crippen LogP contribution in [0.2, 0.25) is 5.02 Å². The predicted octanol–water partition coefficient (Wildman–Crippen LogP) is 4.96. The van der Waals surface area contributed by atoms with Gasteiger partial charge in [0.15, 0.2) is 5.69 Å². The Morgan fingerprint density at radius 3 is 2.82 bits per heavy atom. The summed E-state index contributed by atoms with van der Waals surface area (Å²) in [6.07, 6.45) is 0. The molecule has 0 N–H and O–H groups in total. The Bertz CT molecular complexity index is 1130. The molecule has 5 nitrogen and oxygen atoms in total. The summed E-state index contributed by atoms with van der Waals surface area (Å²) in [5, 5.41) is 4.92. The Morgan fingerprint density at radius 1 is 1.29 bits per heavy atom. The number of nitrogens with zero attached hydrogens (tertiary/aromatic N) is 3. The quantitative estimate of drug-likeness (QED) is 0.517. The van der Waals surface area contributed by atoms with Crippen LogP contribution in [0.4, 0.5) is 4.39 Å². The number of benzene rings is 2.